The summed E-state index contributed by atoms with van der Waals surface area (Å²) in [5, 5.41) is 11.8. The van der Waals surface area contributed by atoms with Crippen LogP contribution < -0.4 is 5.32 Å². The van der Waals surface area contributed by atoms with Gasteiger partial charge < -0.3 is 10.0 Å². The fourth-order valence-corrected chi connectivity index (χ4v) is 1.93. The Hall–Kier alpha value is -1.88. The molecule has 1 unspecified atom stereocenters. The fraction of sp³-hybridized carbons (Fsp3) is 0.333. The van der Waals surface area contributed by atoms with Crippen molar-refractivity contribution in [3.8, 4) is 0 Å². The van der Waals surface area contributed by atoms with Crippen molar-refractivity contribution >= 4 is 11.9 Å². The third kappa shape index (κ3) is 2.82. The van der Waals surface area contributed by atoms with Crippen LogP contribution in [0.15, 0.2) is 30.3 Å². The lowest BCUT2D eigenvalue weighted by Crippen LogP contribution is -2.51. The van der Waals surface area contributed by atoms with Crippen LogP contribution in [0.25, 0.3) is 0 Å². The molecule has 5 heteroatoms. The van der Waals surface area contributed by atoms with E-state index >= 15 is 0 Å². The molecule has 0 aliphatic carbocycles. The van der Waals surface area contributed by atoms with Gasteiger partial charge in [0.2, 0.25) is 5.91 Å². The number of carboxylic acid groups (broad SMARTS) is 1. The lowest BCUT2D eigenvalue weighted by molar-refractivity contribution is -0.145. The number of carbonyl (C=O) groups is 2. The molecule has 2 rings (SSSR count). The molecule has 1 heterocycles. The second kappa shape index (κ2) is 4.97. The average molecular weight is 234 g/mol. The number of benzene rings is 1. The molecule has 17 heavy (non-hydrogen) atoms. The van der Waals surface area contributed by atoms with Gasteiger partial charge in [0, 0.05) is 6.54 Å². The lowest BCUT2D eigenvalue weighted by atomic mass is 10.0. The van der Waals surface area contributed by atoms with Crippen molar-refractivity contribution in [2.24, 2.45) is 0 Å². The van der Waals surface area contributed by atoms with Gasteiger partial charge in [0.1, 0.15) is 6.54 Å². The van der Waals surface area contributed by atoms with Crippen LogP contribution in [0.3, 0.4) is 0 Å². The number of amides is 1. The smallest absolute Gasteiger partial charge is 0.323 e. The van der Waals surface area contributed by atoms with Crippen molar-refractivity contribution in [1.82, 2.24) is 10.2 Å². The van der Waals surface area contributed by atoms with Crippen LogP contribution in [0.2, 0.25) is 0 Å². The van der Waals surface area contributed by atoms with Crippen LogP contribution in [0, 0.1) is 0 Å². The molecule has 1 aliphatic heterocycles. The molecule has 1 aromatic rings. The number of hydrogen-bond donors (Lipinski definition) is 2. The van der Waals surface area contributed by atoms with Gasteiger partial charge >= 0.3 is 5.97 Å². The first-order valence-corrected chi connectivity index (χ1v) is 5.44. The Bertz CT molecular complexity index is 419. The molecule has 0 spiro atoms. The zero-order valence-corrected chi connectivity index (χ0v) is 9.30. The van der Waals surface area contributed by atoms with Crippen molar-refractivity contribution in [3.05, 3.63) is 35.9 Å². The van der Waals surface area contributed by atoms with Gasteiger partial charge in [-0.2, -0.15) is 0 Å². The number of rotatable bonds is 3. The van der Waals surface area contributed by atoms with Crippen molar-refractivity contribution in [1.29, 1.82) is 0 Å². The van der Waals surface area contributed by atoms with E-state index in [1.165, 1.54) is 4.90 Å². The molecular formula is C12H14N2O3. The summed E-state index contributed by atoms with van der Waals surface area (Å²) in [6.45, 7) is 0.353. The fourth-order valence-electron chi connectivity index (χ4n) is 1.93. The highest BCUT2D eigenvalue weighted by Gasteiger charge is 2.27. The highest BCUT2D eigenvalue weighted by Crippen LogP contribution is 2.17. The predicted octanol–water partition coefficient (Wildman–Crippen LogP) is 0.244. The summed E-state index contributed by atoms with van der Waals surface area (Å²) in [5.74, 6) is -1.15. The highest BCUT2D eigenvalue weighted by atomic mass is 16.4. The Morgan fingerprint density at radius 2 is 2.12 bits per heavy atom. The van der Waals surface area contributed by atoms with Gasteiger partial charge in [-0.15, -0.1) is 0 Å². The van der Waals surface area contributed by atoms with Crippen LogP contribution >= 0.6 is 0 Å². The average Bonchev–Trinajstić information content (AvgIpc) is 2.32. The maximum atomic E-state index is 11.5. The first-order valence-electron chi connectivity index (χ1n) is 5.44. The van der Waals surface area contributed by atoms with Gasteiger partial charge in [-0.1, -0.05) is 30.3 Å². The van der Waals surface area contributed by atoms with Gasteiger partial charge in [-0.25, -0.2) is 0 Å². The van der Waals surface area contributed by atoms with E-state index in [1.807, 2.05) is 30.3 Å². The third-order valence-corrected chi connectivity index (χ3v) is 2.78. The van der Waals surface area contributed by atoms with Crippen LogP contribution in [0.5, 0.6) is 0 Å². The van der Waals surface area contributed by atoms with E-state index in [9.17, 15) is 9.59 Å². The van der Waals surface area contributed by atoms with E-state index in [1.54, 1.807) is 0 Å². The van der Waals surface area contributed by atoms with Gasteiger partial charge in [0.25, 0.3) is 0 Å². The summed E-state index contributed by atoms with van der Waals surface area (Å²) in [6, 6.07) is 9.71. The zero-order valence-electron chi connectivity index (χ0n) is 9.30. The molecule has 0 aromatic heterocycles. The van der Waals surface area contributed by atoms with Crippen LogP contribution in [0.1, 0.15) is 11.6 Å². The van der Waals surface area contributed by atoms with Gasteiger partial charge in [-0.05, 0) is 5.56 Å². The first-order chi connectivity index (χ1) is 8.16. The SMILES string of the molecule is O=C(O)CN1CC(c2ccccc2)NCC1=O. The molecule has 1 saturated heterocycles. The maximum Gasteiger partial charge on any atom is 0.323 e. The number of nitrogens with one attached hydrogen (secondary N) is 1. The topological polar surface area (TPSA) is 69.6 Å². The number of piperazine rings is 1. The summed E-state index contributed by atoms with van der Waals surface area (Å²) in [4.78, 5) is 23.5. The van der Waals surface area contributed by atoms with E-state index in [0.29, 0.717) is 6.54 Å². The Labute approximate surface area is 99.0 Å². The zero-order chi connectivity index (χ0) is 12.3. The molecule has 0 radical (unpaired) electrons. The molecule has 0 saturated carbocycles. The summed E-state index contributed by atoms with van der Waals surface area (Å²) in [6.07, 6.45) is 0. The number of nitrogens with zero attached hydrogens (tertiary/aromatic N) is 1. The van der Waals surface area contributed by atoms with Crippen LogP contribution in [-0.2, 0) is 9.59 Å². The summed E-state index contributed by atoms with van der Waals surface area (Å²) in [7, 11) is 0. The minimum atomic E-state index is -0.980. The second-order valence-electron chi connectivity index (χ2n) is 4.01. The van der Waals surface area contributed by atoms with Gasteiger partial charge in [0.15, 0.2) is 0 Å². The normalized spacial score (nSPS) is 20.4. The van der Waals surface area contributed by atoms with Crippen molar-refractivity contribution in [3.63, 3.8) is 0 Å². The van der Waals surface area contributed by atoms with E-state index < -0.39 is 5.97 Å². The molecule has 1 amide bonds. The highest BCUT2D eigenvalue weighted by molar-refractivity contribution is 5.83. The molecule has 5 nitrogen and oxygen atoms in total. The Morgan fingerprint density at radius 3 is 2.76 bits per heavy atom. The predicted molar refractivity (Wildman–Crippen MR) is 61.4 cm³/mol. The van der Waals surface area contributed by atoms with E-state index in [-0.39, 0.29) is 25.0 Å². The van der Waals surface area contributed by atoms with Crippen LogP contribution in [0.4, 0.5) is 0 Å². The van der Waals surface area contributed by atoms with Crippen molar-refractivity contribution in [2.45, 2.75) is 6.04 Å². The Kier molecular flexibility index (Phi) is 3.39. The largest absolute Gasteiger partial charge is 0.480 e. The summed E-state index contributed by atoms with van der Waals surface area (Å²) < 4.78 is 0. The second-order valence-corrected chi connectivity index (χ2v) is 4.01. The molecule has 1 fully saturated rings. The summed E-state index contributed by atoms with van der Waals surface area (Å²) >= 11 is 0. The standard InChI is InChI=1S/C12H14N2O3/c15-11-6-13-10(7-14(11)8-12(16)17)9-4-2-1-3-5-9/h1-5,10,13H,6-8H2,(H,16,17). The maximum absolute atomic E-state index is 11.5. The third-order valence-electron chi connectivity index (χ3n) is 2.78. The van der Waals surface area contributed by atoms with E-state index in [2.05, 4.69) is 5.32 Å². The van der Waals surface area contributed by atoms with Crippen molar-refractivity contribution < 1.29 is 14.7 Å². The van der Waals surface area contributed by atoms with E-state index in [4.69, 9.17) is 5.11 Å². The molecule has 2 N–H and O–H groups in total. The molecule has 1 aliphatic rings. The molecule has 90 valence electrons. The minimum Gasteiger partial charge on any atom is -0.480 e. The molecule has 1 aromatic carbocycles. The monoisotopic (exact) mass is 234 g/mol. The molecular weight excluding hydrogens is 220 g/mol. The Morgan fingerprint density at radius 1 is 1.41 bits per heavy atom. The number of carbonyl (C=O) groups excluding carboxylic acids is 1. The molecule has 0 bridgehead atoms. The number of carboxylic acids is 1. The molecule has 1 atom stereocenters. The summed E-state index contributed by atoms with van der Waals surface area (Å²) in [5.41, 5.74) is 1.07. The quantitative estimate of drug-likeness (QED) is 0.786. The van der Waals surface area contributed by atoms with Gasteiger partial charge in [-0.3, -0.25) is 14.9 Å². The van der Waals surface area contributed by atoms with Crippen LogP contribution in [-0.4, -0.2) is 41.5 Å². The Balaban J connectivity index is 2.07. The first kappa shape index (κ1) is 11.6. The van der Waals surface area contributed by atoms with E-state index in [0.717, 1.165) is 5.56 Å². The number of hydrogen-bond acceptors (Lipinski definition) is 3. The van der Waals surface area contributed by atoms with Gasteiger partial charge in [0.05, 0.1) is 12.6 Å². The number of aliphatic carboxylic acids is 1. The minimum absolute atomic E-state index is 0.00764. The van der Waals surface area contributed by atoms with Crippen molar-refractivity contribution in [2.75, 3.05) is 19.6 Å². The lowest BCUT2D eigenvalue weighted by Gasteiger charge is -2.32.